The molecule has 2 amide bonds. The Hall–Kier alpha value is -1.75. The second kappa shape index (κ2) is 8.20. The highest BCUT2D eigenvalue weighted by atomic mass is 16.5. The minimum Gasteiger partial charge on any atom is -0.494 e. The zero-order valence-electron chi connectivity index (χ0n) is 14.3. The fourth-order valence-corrected chi connectivity index (χ4v) is 2.48. The van der Waals surface area contributed by atoms with Crippen LogP contribution in [0.25, 0.3) is 0 Å². The maximum absolute atomic E-state index is 12.2. The van der Waals surface area contributed by atoms with Gasteiger partial charge >= 0.3 is 6.03 Å². The molecule has 1 aromatic rings. The molecule has 1 heterocycles. The summed E-state index contributed by atoms with van der Waals surface area (Å²) in [7, 11) is 0. The van der Waals surface area contributed by atoms with Gasteiger partial charge < -0.3 is 20.1 Å². The van der Waals surface area contributed by atoms with Crippen LogP contribution in [0, 0.1) is 11.8 Å². The molecule has 0 saturated carbocycles. The van der Waals surface area contributed by atoms with Gasteiger partial charge in [0.15, 0.2) is 0 Å². The molecule has 0 aliphatic carbocycles. The first kappa shape index (κ1) is 17.6. The molecular formula is C18H28N2O3. The first-order valence-corrected chi connectivity index (χ1v) is 8.42. The molecule has 5 nitrogen and oxygen atoms in total. The molecule has 23 heavy (non-hydrogen) atoms. The third-order valence-corrected chi connectivity index (χ3v) is 4.28. The van der Waals surface area contributed by atoms with Crippen molar-refractivity contribution in [2.24, 2.45) is 11.8 Å². The summed E-state index contributed by atoms with van der Waals surface area (Å²) in [4.78, 5) is 13.9. The van der Waals surface area contributed by atoms with Crippen LogP contribution in [0.4, 0.5) is 10.5 Å². The smallest absolute Gasteiger partial charge is 0.321 e. The molecule has 0 spiro atoms. The van der Waals surface area contributed by atoms with Gasteiger partial charge in [-0.05, 0) is 48.9 Å². The molecule has 1 aliphatic heterocycles. The number of amides is 2. The van der Waals surface area contributed by atoms with E-state index in [1.54, 1.807) is 4.90 Å². The summed E-state index contributed by atoms with van der Waals surface area (Å²) < 4.78 is 5.66. The number of benzene rings is 1. The summed E-state index contributed by atoms with van der Waals surface area (Å²) in [6.45, 7) is 8.12. The molecule has 0 radical (unpaired) electrons. The Balaban J connectivity index is 1.82. The quantitative estimate of drug-likeness (QED) is 0.874. The van der Waals surface area contributed by atoms with Gasteiger partial charge in [-0.3, -0.25) is 0 Å². The molecule has 1 fully saturated rings. The number of piperidine rings is 1. The van der Waals surface area contributed by atoms with Crippen molar-refractivity contribution >= 4 is 11.7 Å². The second-order valence-corrected chi connectivity index (χ2v) is 6.76. The van der Waals surface area contributed by atoms with Crippen LogP contribution in [0.2, 0.25) is 0 Å². The topological polar surface area (TPSA) is 61.8 Å². The van der Waals surface area contributed by atoms with Gasteiger partial charge in [-0.15, -0.1) is 0 Å². The lowest BCUT2D eigenvalue weighted by Crippen LogP contribution is -2.47. The molecule has 2 N–H and O–H groups in total. The van der Waals surface area contributed by atoms with Crippen molar-refractivity contribution in [2.45, 2.75) is 39.7 Å². The van der Waals surface area contributed by atoms with Crippen molar-refractivity contribution in [3.05, 3.63) is 24.3 Å². The maximum Gasteiger partial charge on any atom is 0.321 e. The molecule has 1 aromatic carbocycles. The van der Waals surface area contributed by atoms with E-state index in [1.165, 1.54) is 0 Å². The lowest BCUT2D eigenvalue weighted by molar-refractivity contribution is 0.0464. The zero-order chi connectivity index (χ0) is 16.8. The average Bonchev–Trinajstić information content (AvgIpc) is 2.51. The number of hydrogen-bond acceptors (Lipinski definition) is 3. The Morgan fingerprint density at radius 1 is 1.39 bits per heavy atom. The highest BCUT2D eigenvalue weighted by Gasteiger charge is 2.27. The summed E-state index contributed by atoms with van der Waals surface area (Å²) in [5.41, 5.74) is 0.735. The molecule has 2 rings (SSSR count). The van der Waals surface area contributed by atoms with Gasteiger partial charge in [0.25, 0.3) is 0 Å². The van der Waals surface area contributed by atoms with E-state index in [2.05, 4.69) is 19.2 Å². The second-order valence-electron chi connectivity index (χ2n) is 6.76. The predicted molar refractivity (Wildman–Crippen MR) is 91.8 cm³/mol. The van der Waals surface area contributed by atoms with Gasteiger partial charge in [0, 0.05) is 18.8 Å². The SMILES string of the molecule is CC(C)CCOc1ccc(NC(=O)N2CCC(C)C(O)C2)cc1. The number of carbonyl (C=O) groups is 1. The van der Waals surface area contributed by atoms with Crippen molar-refractivity contribution in [3.8, 4) is 5.75 Å². The first-order chi connectivity index (χ1) is 11.0. The number of rotatable bonds is 5. The number of β-amino-alcohol motifs (C(OH)–C–C–N with tert-alkyl or cyclic N) is 1. The van der Waals surface area contributed by atoms with E-state index in [0.717, 1.165) is 24.3 Å². The average molecular weight is 320 g/mol. The number of carbonyl (C=O) groups excluding carboxylic acids is 1. The lowest BCUT2D eigenvalue weighted by atomic mass is 9.96. The number of ether oxygens (including phenoxy) is 1. The Kier molecular flexibility index (Phi) is 6.28. The van der Waals surface area contributed by atoms with Crippen LogP contribution in [-0.2, 0) is 0 Å². The normalized spacial score (nSPS) is 21.3. The highest BCUT2D eigenvalue weighted by Crippen LogP contribution is 2.20. The molecule has 0 bridgehead atoms. The van der Waals surface area contributed by atoms with Crippen LogP contribution < -0.4 is 10.1 Å². The van der Waals surface area contributed by atoms with E-state index < -0.39 is 6.10 Å². The lowest BCUT2D eigenvalue weighted by Gasteiger charge is -2.34. The molecule has 1 saturated heterocycles. The van der Waals surface area contributed by atoms with Crippen LogP contribution in [0.3, 0.4) is 0 Å². The Labute approximate surface area is 138 Å². The Bertz CT molecular complexity index is 501. The van der Waals surface area contributed by atoms with Crippen molar-refractivity contribution in [2.75, 3.05) is 25.0 Å². The van der Waals surface area contributed by atoms with Crippen molar-refractivity contribution in [3.63, 3.8) is 0 Å². The Morgan fingerprint density at radius 2 is 2.09 bits per heavy atom. The van der Waals surface area contributed by atoms with Crippen LogP contribution in [0.15, 0.2) is 24.3 Å². The van der Waals surface area contributed by atoms with E-state index in [1.807, 2.05) is 31.2 Å². The summed E-state index contributed by atoms with van der Waals surface area (Å²) in [5, 5.41) is 12.8. The van der Waals surface area contributed by atoms with E-state index in [4.69, 9.17) is 4.74 Å². The van der Waals surface area contributed by atoms with Crippen molar-refractivity contribution < 1.29 is 14.6 Å². The highest BCUT2D eigenvalue weighted by molar-refractivity contribution is 5.89. The summed E-state index contributed by atoms with van der Waals surface area (Å²) in [6.07, 6.45) is 1.41. The number of urea groups is 1. The largest absolute Gasteiger partial charge is 0.494 e. The number of nitrogens with one attached hydrogen (secondary N) is 1. The summed E-state index contributed by atoms with van der Waals surface area (Å²) in [6, 6.07) is 7.24. The van der Waals surface area contributed by atoms with Gasteiger partial charge in [0.1, 0.15) is 5.75 Å². The number of aliphatic hydroxyl groups is 1. The molecule has 1 aliphatic rings. The minimum atomic E-state index is -0.439. The van der Waals surface area contributed by atoms with E-state index >= 15 is 0 Å². The van der Waals surface area contributed by atoms with E-state index in [9.17, 15) is 9.90 Å². The Morgan fingerprint density at radius 3 is 2.70 bits per heavy atom. The summed E-state index contributed by atoms with van der Waals surface area (Å²) >= 11 is 0. The fraction of sp³-hybridized carbons (Fsp3) is 0.611. The molecular weight excluding hydrogens is 292 g/mol. The van der Waals surface area contributed by atoms with Gasteiger partial charge in [-0.2, -0.15) is 0 Å². The van der Waals surface area contributed by atoms with Crippen molar-refractivity contribution in [1.82, 2.24) is 4.90 Å². The van der Waals surface area contributed by atoms with E-state index in [0.29, 0.717) is 25.6 Å². The molecule has 128 valence electrons. The minimum absolute atomic E-state index is 0.163. The fourth-order valence-electron chi connectivity index (χ4n) is 2.48. The van der Waals surface area contributed by atoms with Gasteiger partial charge in [0.05, 0.1) is 12.7 Å². The monoisotopic (exact) mass is 320 g/mol. The van der Waals surface area contributed by atoms with Gasteiger partial charge in [-0.1, -0.05) is 20.8 Å². The van der Waals surface area contributed by atoms with Crippen molar-refractivity contribution in [1.29, 1.82) is 0 Å². The first-order valence-electron chi connectivity index (χ1n) is 8.42. The van der Waals surface area contributed by atoms with Gasteiger partial charge in [-0.25, -0.2) is 4.79 Å². The number of hydrogen-bond donors (Lipinski definition) is 2. The molecule has 0 aromatic heterocycles. The number of anilines is 1. The van der Waals surface area contributed by atoms with Crippen LogP contribution in [0.1, 0.15) is 33.6 Å². The third-order valence-electron chi connectivity index (χ3n) is 4.28. The van der Waals surface area contributed by atoms with Crippen LogP contribution in [0.5, 0.6) is 5.75 Å². The maximum atomic E-state index is 12.2. The predicted octanol–water partition coefficient (Wildman–Crippen LogP) is 3.35. The standard InChI is InChI=1S/C18H28N2O3/c1-13(2)9-11-23-16-6-4-15(5-7-16)19-18(22)20-10-8-14(3)17(21)12-20/h4-7,13-14,17,21H,8-12H2,1-3H3,(H,19,22). The molecule has 5 heteroatoms. The van der Waals surface area contributed by atoms with Gasteiger partial charge in [0.2, 0.25) is 0 Å². The molecule has 2 unspecified atom stereocenters. The zero-order valence-corrected chi connectivity index (χ0v) is 14.3. The number of aliphatic hydroxyl groups excluding tert-OH is 1. The molecule has 2 atom stereocenters. The van der Waals surface area contributed by atoms with E-state index in [-0.39, 0.29) is 11.9 Å². The van der Waals surface area contributed by atoms with Crippen LogP contribution >= 0.6 is 0 Å². The number of nitrogens with zero attached hydrogens (tertiary/aromatic N) is 1. The van der Waals surface area contributed by atoms with Crippen LogP contribution in [-0.4, -0.2) is 41.8 Å². The summed E-state index contributed by atoms with van der Waals surface area (Å²) in [5.74, 6) is 1.68. The number of likely N-dealkylation sites (tertiary alicyclic amines) is 1. The third kappa shape index (κ3) is 5.43.